The Labute approximate surface area is 147 Å². The molecule has 132 valence electrons. The number of primary amides is 1. The maximum absolute atomic E-state index is 12.1. The van der Waals surface area contributed by atoms with Gasteiger partial charge in [-0.3, -0.25) is 4.79 Å². The van der Waals surface area contributed by atoms with Gasteiger partial charge in [-0.05, 0) is 42.7 Å². The van der Waals surface area contributed by atoms with Gasteiger partial charge in [-0.15, -0.1) is 0 Å². The normalized spacial score (nSPS) is 10.2. The van der Waals surface area contributed by atoms with Crippen molar-refractivity contribution in [3.63, 3.8) is 0 Å². The Morgan fingerprint density at radius 3 is 2.24 bits per heavy atom. The van der Waals surface area contributed by atoms with Crippen molar-refractivity contribution in [3.05, 3.63) is 64.7 Å². The molecule has 0 fully saturated rings. The molecular formula is C19H23N3O3. The van der Waals surface area contributed by atoms with Gasteiger partial charge >= 0.3 is 6.03 Å². The molecule has 3 amide bonds. The zero-order valence-electron chi connectivity index (χ0n) is 14.5. The number of rotatable bonds is 7. The molecule has 2 aromatic rings. The summed E-state index contributed by atoms with van der Waals surface area (Å²) in [5.74, 6) is 0.697. The van der Waals surface area contributed by atoms with E-state index in [4.69, 9.17) is 10.5 Å². The summed E-state index contributed by atoms with van der Waals surface area (Å²) < 4.78 is 5.76. The summed E-state index contributed by atoms with van der Waals surface area (Å²) in [5.41, 5.74) is 8.59. The zero-order chi connectivity index (χ0) is 18.2. The van der Waals surface area contributed by atoms with Crippen LogP contribution in [0.1, 0.15) is 27.0 Å². The summed E-state index contributed by atoms with van der Waals surface area (Å²) >= 11 is 0. The van der Waals surface area contributed by atoms with Crippen molar-refractivity contribution in [1.82, 2.24) is 10.6 Å². The van der Waals surface area contributed by atoms with Crippen molar-refractivity contribution in [1.29, 1.82) is 0 Å². The molecule has 2 rings (SSSR count). The second-order valence-electron chi connectivity index (χ2n) is 5.74. The lowest BCUT2D eigenvalue weighted by Crippen LogP contribution is -2.29. The van der Waals surface area contributed by atoms with Crippen LogP contribution in [-0.2, 0) is 6.54 Å². The van der Waals surface area contributed by atoms with Gasteiger partial charge < -0.3 is 21.1 Å². The van der Waals surface area contributed by atoms with Gasteiger partial charge in [0.25, 0.3) is 5.91 Å². The Hall–Kier alpha value is -3.02. The number of benzene rings is 2. The van der Waals surface area contributed by atoms with E-state index in [1.54, 1.807) is 24.3 Å². The van der Waals surface area contributed by atoms with Gasteiger partial charge in [0.1, 0.15) is 12.4 Å². The van der Waals surface area contributed by atoms with Crippen molar-refractivity contribution in [2.24, 2.45) is 5.73 Å². The molecule has 0 saturated carbocycles. The third-order valence-electron chi connectivity index (χ3n) is 3.73. The molecule has 0 bridgehead atoms. The average Bonchev–Trinajstić information content (AvgIpc) is 2.59. The van der Waals surface area contributed by atoms with Gasteiger partial charge in [0.05, 0.1) is 6.54 Å². The van der Waals surface area contributed by atoms with Gasteiger partial charge in [0, 0.05) is 12.1 Å². The van der Waals surface area contributed by atoms with Crippen molar-refractivity contribution in [3.8, 4) is 5.75 Å². The number of hydrogen-bond donors (Lipinski definition) is 3. The summed E-state index contributed by atoms with van der Waals surface area (Å²) in [6.07, 6.45) is 0. The number of nitrogens with one attached hydrogen (secondary N) is 2. The number of para-hydroxylation sites is 1. The zero-order valence-corrected chi connectivity index (χ0v) is 14.5. The minimum Gasteiger partial charge on any atom is -0.491 e. The summed E-state index contributed by atoms with van der Waals surface area (Å²) in [5, 5.41) is 5.32. The quantitative estimate of drug-likeness (QED) is 0.675. The molecule has 0 saturated heterocycles. The predicted molar refractivity (Wildman–Crippen MR) is 96.6 cm³/mol. The maximum atomic E-state index is 12.1. The lowest BCUT2D eigenvalue weighted by Gasteiger charge is -2.12. The van der Waals surface area contributed by atoms with Gasteiger partial charge in [0.2, 0.25) is 0 Å². The number of amides is 3. The lowest BCUT2D eigenvalue weighted by molar-refractivity contribution is 0.0947. The van der Waals surface area contributed by atoms with Crippen LogP contribution in [0.2, 0.25) is 0 Å². The van der Waals surface area contributed by atoms with E-state index in [0.29, 0.717) is 25.3 Å². The monoisotopic (exact) mass is 341 g/mol. The Balaban J connectivity index is 1.79. The molecule has 0 spiro atoms. The average molecular weight is 341 g/mol. The second kappa shape index (κ2) is 8.73. The van der Waals surface area contributed by atoms with E-state index in [2.05, 4.69) is 10.6 Å². The van der Waals surface area contributed by atoms with E-state index >= 15 is 0 Å². The SMILES string of the molecule is Cc1cccc(C)c1OCCNC(=O)c1ccc(CNC(N)=O)cc1. The lowest BCUT2D eigenvalue weighted by atomic mass is 10.1. The number of carbonyl (C=O) groups excluding carboxylic acids is 2. The van der Waals surface area contributed by atoms with E-state index in [1.807, 2.05) is 32.0 Å². The third kappa shape index (κ3) is 5.53. The van der Waals surface area contributed by atoms with E-state index in [9.17, 15) is 9.59 Å². The first-order valence-electron chi connectivity index (χ1n) is 8.07. The summed E-state index contributed by atoms with van der Waals surface area (Å²) in [4.78, 5) is 22.8. The topological polar surface area (TPSA) is 93.4 Å². The first-order chi connectivity index (χ1) is 12.0. The first-order valence-corrected chi connectivity index (χ1v) is 8.07. The highest BCUT2D eigenvalue weighted by atomic mass is 16.5. The van der Waals surface area contributed by atoms with Crippen LogP contribution in [-0.4, -0.2) is 25.1 Å². The minimum absolute atomic E-state index is 0.167. The van der Waals surface area contributed by atoms with E-state index < -0.39 is 6.03 Å². The minimum atomic E-state index is -0.578. The summed E-state index contributed by atoms with van der Waals surface area (Å²) in [6.45, 7) is 5.14. The van der Waals surface area contributed by atoms with Crippen molar-refractivity contribution in [2.45, 2.75) is 20.4 Å². The van der Waals surface area contributed by atoms with Crippen LogP contribution in [0.25, 0.3) is 0 Å². The van der Waals surface area contributed by atoms with Crippen molar-refractivity contribution < 1.29 is 14.3 Å². The number of hydrogen-bond acceptors (Lipinski definition) is 3. The molecule has 4 N–H and O–H groups in total. The molecule has 0 radical (unpaired) electrons. The molecule has 0 atom stereocenters. The Bertz CT molecular complexity index is 722. The second-order valence-corrected chi connectivity index (χ2v) is 5.74. The Morgan fingerprint density at radius 1 is 1.00 bits per heavy atom. The highest BCUT2D eigenvalue weighted by Gasteiger charge is 2.06. The molecule has 0 heterocycles. The van der Waals surface area contributed by atoms with Gasteiger partial charge in [-0.1, -0.05) is 30.3 Å². The van der Waals surface area contributed by atoms with Crippen molar-refractivity contribution in [2.75, 3.05) is 13.2 Å². The maximum Gasteiger partial charge on any atom is 0.312 e. The van der Waals surface area contributed by atoms with Gasteiger partial charge in [0.15, 0.2) is 0 Å². The molecule has 0 aliphatic carbocycles. The standard InChI is InChI=1S/C19H23N3O3/c1-13-4-3-5-14(2)17(13)25-11-10-21-18(23)16-8-6-15(7-9-16)12-22-19(20)24/h3-9H,10-12H2,1-2H3,(H,21,23)(H3,20,22,24). The summed E-state index contributed by atoms with van der Waals surface area (Å²) in [6, 6.07) is 12.4. The highest BCUT2D eigenvalue weighted by Crippen LogP contribution is 2.21. The number of carbonyl (C=O) groups is 2. The van der Waals surface area contributed by atoms with Crippen LogP contribution >= 0.6 is 0 Å². The van der Waals surface area contributed by atoms with Gasteiger partial charge in [-0.25, -0.2) is 4.79 Å². The highest BCUT2D eigenvalue weighted by molar-refractivity contribution is 5.94. The molecular weight excluding hydrogens is 318 g/mol. The number of nitrogens with two attached hydrogens (primary N) is 1. The number of ether oxygens (including phenoxy) is 1. The van der Waals surface area contributed by atoms with Crippen LogP contribution in [0, 0.1) is 13.8 Å². The van der Waals surface area contributed by atoms with Crippen LogP contribution in [0.15, 0.2) is 42.5 Å². The Morgan fingerprint density at radius 2 is 1.64 bits per heavy atom. The smallest absolute Gasteiger partial charge is 0.312 e. The molecule has 0 aliphatic rings. The van der Waals surface area contributed by atoms with Crippen LogP contribution in [0.4, 0.5) is 4.79 Å². The molecule has 0 aliphatic heterocycles. The molecule has 0 aromatic heterocycles. The molecule has 6 heteroatoms. The molecule has 6 nitrogen and oxygen atoms in total. The van der Waals surface area contributed by atoms with E-state index in [1.165, 1.54) is 0 Å². The summed E-state index contributed by atoms with van der Waals surface area (Å²) in [7, 11) is 0. The number of aryl methyl sites for hydroxylation is 2. The molecule has 25 heavy (non-hydrogen) atoms. The predicted octanol–water partition coefficient (Wildman–Crippen LogP) is 2.28. The fraction of sp³-hybridized carbons (Fsp3) is 0.263. The van der Waals surface area contributed by atoms with Crippen molar-refractivity contribution >= 4 is 11.9 Å². The molecule has 2 aromatic carbocycles. The fourth-order valence-electron chi connectivity index (χ4n) is 2.41. The molecule has 0 unspecified atom stereocenters. The fourth-order valence-corrected chi connectivity index (χ4v) is 2.41. The number of urea groups is 1. The van der Waals surface area contributed by atoms with Crippen LogP contribution < -0.4 is 21.1 Å². The van der Waals surface area contributed by atoms with E-state index in [-0.39, 0.29) is 5.91 Å². The first kappa shape index (κ1) is 18.3. The van der Waals surface area contributed by atoms with Crippen LogP contribution in [0.5, 0.6) is 5.75 Å². The Kier molecular flexibility index (Phi) is 6.39. The van der Waals surface area contributed by atoms with Crippen LogP contribution in [0.3, 0.4) is 0 Å². The van der Waals surface area contributed by atoms with E-state index in [0.717, 1.165) is 22.4 Å². The largest absolute Gasteiger partial charge is 0.491 e. The third-order valence-corrected chi connectivity index (χ3v) is 3.73. The van der Waals surface area contributed by atoms with Gasteiger partial charge in [-0.2, -0.15) is 0 Å².